The molecule has 29 heavy (non-hydrogen) atoms. The molecule has 1 heterocycles. The molecule has 0 spiro atoms. The lowest BCUT2D eigenvalue weighted by Gasteiger charge is -2.35. The van der Waals surface area contributed by atoms with E-state index in [1.54, 1.807) is 0 Å². The van der Waals surface area contributed by atoms with Crippen molar-refractivity contribution in [2.75, 3.05) is 4.90 Å². The van der Waals surface area contributed by atoms with Gasteiger partial charge in [-0.2, -0.15) is 5.26 Å². The van der Waals surface area contributed by atoms with Gasteiger partial charge in [0, 0.05) is 15.5 Å². The van der Waals surface area contributed by atoms with Crippen LogP contribution in [0.4, 0.5) is 11.4 Å². The normalized spacial score (nSPS) is 16.0. The minimum absolute atomic E-state index is 0.682. The summed E-state index contributed by atoms with van der Waals surface area (Å²) in [5, 5.41) is 9.00. The topological polar surface area (TPSA) is 27.0 Å². The molecule has 0 N–H and O–H groups in total. The number of allylic oxidation sites excluding steroid dienone is 2. The van der Waals surface area contributed by atoms with Crippen LogP contribution in [-0.4, -0.2) is 0 Å². The van der Waals surface area contributed by atoms with Crippen molar-refractivity contribution in [3.8, 4) is 17.2 Å². The van der Waals surface area contributed by atoms with E-state index in [0.29, 0.717) is 5.56 Å². The fraction of sp³-hybridized carbons (Fsp3) is 0.115. The largest absolute Gasteiger partial charge is 0.309 e. The fourth-order valence-corrected chi connectivity index (χ4v) is 4.59. The second kappa shape index (κ2) is 8.43. The lowest BCUT2D eigenvalue weighted by atomic mass is 10.0. The van der Waals surface area contributed by atoms with Gasteiger partial charge in [0.05, 0.1) is 23.0 Å². The number of para-hydroxylation sites is 1. The quantitative estimate of drug-likeness (QED) is 0.456. The minimum Gasteiger partial charge on any atom is -0.309 e. The van der Waals surface area contributed by atoms with Crippen LogP contribution in [0.1, 0.15) is 25.8 Å². The van der Waals surface area contributed by atoms with E-state index in [0.717, 1.165) is 23.2 Å². The molecule has 2 nitrogen and oxygen atoms in total. The van der Waals surface area contributed by atoms with Crippen molar-refractivity contribution in [2.45, 2.75) is 25.2 Å². The predicted molar refractivity (Wildman–Crippen MR) is 123 cm³/mol. The van der Waals surface area contributed by atoms with Crippen LogP contribution in [0.3, 0.4) is 0 Å². The Morgan fingerprint density at radius 3 is 2.21 bits per heavy atom. The standard InChI is InChI=1S/C26H22N2S/c1-3-7-23-25(4-2)29-26-9-6-5-8-24(26)28(23)22-16-14-21(15-17-22)20-12-10-19(18-27)11-13-20/h4-17H,3H2,1-2H3/b23-7+,25-4+. The Bertz CT molecular complexity index is 1120. The zero-order chi connectivity index (χ0) is 20.2. The number of fused-ring (bicyclic) bond motifs is 1. The Morgan fingerprint density at radius 2 is 1.59 bits per heavy atom. The van der Waals surface area contributed by atoms with E-state index in [2.05, 4.69) is 85.5 Å². The van der Waals surface area contributed by atoms with E-state index >= 15 is 0 Å². The Hall–Kier alpha value is -3.22. The van der Waals surface area contributed by atoms with Crippen LogP contribution in [0, 0.1) is 11.3 Å². The molecular formula is C26H22N2S. The van der Waals surface area contributed by atoms with E-state index in [1.165, 1.54) is 21.2 Å². The lowest BCUT2D eigenvalue weighted by Crippen LogP contribution is -2.21. The van der Waals surface area contributed by atoms with Crippen molar-refractivity contribution in [1.82, 2.24) is 0 Å². The third-order valence-electron chi connectivity index (χ3n) is 4.95. The Labute approximate surface area is 176 Å². The minimum atomic E-state index is 0.682. The molecule has 0 radical (unpaired) electrons. The van der Waals surface area contributed by atoms with Crippen molar-refractivity contribution in [2.24, 2.45) is 0 Å². The maximum absolute atomic E-state index is 9.00. The number of thioether (sulfide) groups is 1. The Kier molecular flexibility index (Phi) is 5.55. The van der Waals surface area contributed by atoms with Gasteiger partial charge in [-0.1, -0.05) is 67.2 Å². The molecule has 0 fully saturated rings. The van der Waals surface area contributed by atoms with Gasteiger partial charge < -0.3 is 4.90 Å². The molecule has 3 aromatic carbocycles. The summed E-state index contributed by atoms with van der Waals surface area (Å²) < 4.78 is 0. The Morgan fingerprint density at radius 1 is 0.931 bits per heavy atom. The summed E-state index contributed by atoms with van der Waals surface area (Å²) in [5.41, 5.74) is 6.54. The summed E-state index contributed by atoms with van der Waals surface area (Å²) in [6.45, 7) is 4.28. The van der Waals surface area contributed by atoms with Crippen molar-refractivity contribution in [1.29, 1.82) is 5.26 Å². The number of anilines is 2. The molecule has 0 atom stereocenters. The van der Waals surface area contributed by atoms with Gasteiger partial charge in [0.2, 0.25) is 0 Å². The number of nitrogens with zero attached hydrogens (tertiary/aromatic N) is 2. The first-order chi connectivity index (χ1) is 14.2. The molecule has 0 saturated carbocycles. The average molecular weight is 395 g/mol. The molecule has 142 valence electrons. The number of hydrogen-bond acceptors (Lipinski definition) is 3. The summed E-state index contributed by atoms with van der Waals surface area (Å²) in [6, 6.07) is 27.1. The second-order valence-corrected chi connectivity index (χ2v) is 7.88. The van der Waals surface area contributed by atoms with Crippen LogP contribution in [0.15, 0.2) is 100 Å². The first-order valence-electron chi connectivity index (χ1n) is 9.79. The lowest BCUT2D eigenvalue weighted by molar-refractivity contribution is 1.10. The molecule has 1 aliphatic rings. The SMILES string of the molecule is C/C=C1/Sc2ccccc2N(c2ccc(-c3ccc(C#N)cc3)cc2)/C1=C/CC. The van der Waals surface area contributed by atoms with E-state index in [1.807, 2.05) is 36.0 Å². The van der Waals surface area contributed by atoms with Gasteiger partial charge in [-0.25, -0.2) is 0 Å². The van der Waals surface area contributed by atoms with Crippen LogP contribution in [0.2, 0.25) is 0 Å². The molecule has 0 aromatic heterocycles. The first kappa shape index (κ1) is 19.1. The van der Waals surface area contributed by atoms with Crippen molar-refractivity contribution in [3.05, 3.63) is 101 Å². The second-order valence-electron chi connectivity index (χ2n) is 6.79. The van der Waals surface area contributed by atoms with Gasteiger partial charge in [0.25, 0.3) is 0 Å². The summed E-state index contributed by atoms with van der Waals surface area (Å²) in [5.74, 6) is 0. The molecular weight excluding hydrogens is 372 g/mol. The third-order valence-corrected chi connectivity index (χ3v) is 6.18. The van der Waals surface area contributed by atoms with E-state index in [-0.39, 0.29) is 0 Å². The summed E-state index contributed by atoms with van der Waals surface area (Å²) in [6.07, 6.45) is 5.47. The molecule has 3 heteroatoms. The van der Waals surface area contributed by atoms with Gasteiger partial charge in [-0.15, -0.1) is 0 Å². The molecule has 3 aromatic rings. The monoisotopic (exact) mass is 394 g/mol. The fourth-order valence-electron chi connectivity index (χ4n) is 3.55. The highest BCUT2D eigenvalue weighted by Gasteiger charge is 2.26. The van der Waals surface area contributed by atoms with Crippen molar-refractivity contribution < 1.29 is 0 Å². The van der Waals surface area contributed by atoms with E-state index < -0.39 is 0 Å². The van der Waals surface area contributed by atoms with Gasteiger partial charge in [-0.05, 0) is 60.9 Å². The van der Waals surface area contributed by atoms with Gasteiger partial charge >= 0.3 is 0 Å². The number of hydrogen-bond donors (Lipinski definition) is 0. The van der Waals surface area contributed by atoms with Gasteiger partial charge in [-0.3, -0.25) is 0 Å². The average Bonchev–Trinajstić information content (AvgIpc) is 2.79. The molecule has 4 rings (SSSR count). The van der Waals surface area contributed by atoms with Crippen LogP contribution in [0.5, 0.6) is 0 Å². The molecule has 1 aliphatic heterocycles. The molecule has 0 saturated heterocycles. The number of benzene rings is 3. The first-order valence-corrected chi connectivity index (χ1v) is 10.6. The number of rotatable bonds is 3. The van der Waals surface area contributed by atoms with Gasteiger partial charge in [0.1, 0.15) is 0 Å². The zero-order valence-corrected chi connectivity index (χ0v) is 17.4. The van der Waals surface area contributed by atoms with E-state index in [4.69, 9.17) is 5.26 Å². The van der Waals surface area contributed by atoms with Crippen LogP contribution in [0.25, 0.3) is 11.1 Å². The van der Waals surface area contributed by atoms with Crippen LogP contribution >= 0.6 is 11.8 Å². The maximum Gasteiger partial charge on any atom is 0.0991 e. The van der Waals surface area contributed by atoms with Crippen molar-refractivity contribution >= 4 is 23.1 Å². The van der Waals surface area contributed by atoms with Crippen molar-refractivity contribution in [3.63, 3.8) is 0 Å². The Balaban J connectivity index is 1.77. The van der Waals surface area contributed by atoms with Gasteiger partial charge in [0.15, 0.2) is 0 Å². The summed E-state index contributed by atoms with van der Waals surface area (Å²) >= 11 is 1.83. The molecule has 0 aliphatic carbocycles. The zero-order valence-electron chi connectivity index (χ0n) is 16.6. The summed E-state index contributed by atoms with van der Waals surface area (Å²) in [7, 11) is 0. The van der Waals surface area contributed by atoms with E-state index in [9.17, 15) is 0 Å². The number of nitriles is 1. The van der Waals surface area contributed by atoms with Crippen LogP contribution in [-0.2, 0) is 0 Å². The highest BCUT2D eigenvalue weighted by Crippen LogP contribution is 2.49. The molecule has 0 bridgehead atoms. The molecule has 0 unspecified atom stereocenters. The smallest absolute Gasteiger partial charge is 0.0991 e. The highest BCUT2D eigenvalue weighted by atomic mass is 32.2. The predicted octanol–water partition coefficient (Wildman–Crippen LogP) is 7.67. The van der Waals surface area contributed by atoms with Crippen LogP contribution < -0.4 is 4.90 Å². The maximum atomic E-state index is 9.00. The highest BCUT2D eigenvalue weighted by molar-refractivity contribution is 8.03. The molecule has 0 amide bonds. The summed E-state index contributed by atoms with van der Waals surface area (Å²) in [4.78, 5) is 4.90. The third kappa shape index (κ3) is 3.72.